The van der Waals surface area contributed by atoms with Crippen LogP contribution >= 0.6 is 27.5 Å². The van der Waals surface area contributed by atoms with Crippen LogP contribution in [0.1, 0.15) is 28.2 Å². The second-order valence-corrected chi connectivity index (χ2v) is 3.41. The van der Waals surface area contributed by atoms with E-state index in [0.29, 0.717) is 6.29 Å². The summed E-state index contributed by atoms with van der Waals surface area (Å²) in [5.74, 6) is 0. The molecule has 1 aromatic heterocycles. The summed E-state index contributed by atoms with van der Waals surface area (Å²) >= 11 is 8.57. The summed E-state index contributed by atoms with van der Waals surface area (Å²) in [4.78, 5) is 14.1. The minimum absolute atomic E-state index is 0.0227. The molecule has 0 saturated heterocycles. The molecule has 0 amide bonds. The largest absolute Gasteiger partial charge is 0.296 e. The maximum absolute atomic E-state index is 12.4. The fraction of sp³-hybridized carbons (Fsp3) is 0.250. The number of pyridine rings is 1. The third kappa shape index (κ3) is 2.27. The molecule has 0 atom stereocenters. The van der Waals surface area contributed by atoms with Gasteiger partial charge in [-0.15, -0.1) is 0 Å². The molecule has 0 aliphatic heterocycles. The first kappa shape index (κ1) is 11.5. The molecule has 0 N–H and O–H groups in total. The van der Waals surface area contributed by atoms with Crippen molar-refractivity contribution in [1.82, 2.24) is 4.98 Å². The van der Waals surface area contributed by atoms with Gasteiger partial charge in [-0.1, -0.05) is 27.5 Å². The molecule has 0 aliphatic carbocycles. The van der Waals surface area contributed by atoms with Gasteiger partial charge in [0.1, 0.15) is 5.69 Å². The Kier molecular flexibility index (Phi) is 3.95. The molecular formula is C8H5BrClF2NO. The Balaban J connectivity index is 3.31. The van der Waals surface area contributed by atoms with E-state index in [1.165, 1.54) is 0 Å². The van der Waals surface area contributed by atoms with Crippen molar-refractivity contribution < 1.29 is 13.6 Å². The van der Waals surface area contributed by atoms with Crippen LogP contribution in [0.25, 0.3) is 0 Å². The first-order chi connectivity index (χ1) is 6.60. The molecule has 6 heteroatoms. The second kappa shape index (κ2) is 4.79. The van der Waals surface area contributed by atoms with Crippen LogP contribution in [0, 0.1) is 0 Å². The monoisotopic (exact) mass is 283 g/mol. The molecular weight excluding hydrogens is 279 g/mol. The Morgan fingerprint density at radius 2 is 2.29 bits per heavy atom. The topological polar surface area (TPSA) is 30.0 Å². The normalized spacial score (nSPS) is 10.6. The quantitative estimate of drug-likeness (QED) is 0.629. The number of alkyl halides is 3. The molecule has 1 aromatic rings. The summed E-state index contributed by atoms with van der Waals surface area (Å²) in [7, 11) is 0. The number of rotatable bonds is 3. The van der Waals surface area contributed by atoms with Crippen LogP contribution in [-0.4, -0.2) is 11.3 Å². The fourth-order valence-electron chi connectivity index (χ4n) is 0.936. The smallest absolute Gasteiger partial charge is 0.265 e. The molecule has 0 unspecified atom stereocenters. The summed E-state index contributed by atoms with van der Waals surface area (Å²) in [5.41, 5.74) is -0.144. The predicted octanol–water partition coefficient (Wildman–Crippen LogP) is 3.38. The van der Waals surface area contributed by atoms with Gasteiger partial charge in [-0.25, -0.2) is 13.8 Å². The zero-order chi connectivity index (χ0) is 10.7. The minimum Gasteiger partial charge on any atom is -0.296 e. The number of carbonyl (C=O) groups is 1. The van der Waals surface area contributed by atoms with Gasteiger partial charge >= 0.3 is 0 Å². The predicted molar refractivity (Wildman–Crippen MR) is 52.2 cm³/mol. The van der Waals surface area contributed by atoms with Crippen LogP contribution in [0.15, 0.2) is 6.07 Å². The van der Waals surface area contributed by atoms with Crippen LogP contribution in [0.2, 0.25) is 5.02 Å². The molecule has 0 radical (unpaired) electrons. The van der Waals surface area contributed by atoms with E-state index in [1.807, 2.05) is 0 Å². The third-order valence-electron chi connectivity index (χ3n) is 1.59. The number of nitrogens with zero attached hydrogens (tertiary/aromatic N) is 1. The van der Waals surface area contributed by atoms with Crippen molar-refractivity contribution in [1.29, 1.82) is 0 Å². The van der Waals surface area contributed by atoms with E-state index >= 15 is 0 Å². The number of aromatic nitrogens is 1. The fourth-order valence-corrected chi connectivity index (χ4v) is 1.59. The van der Waals surface area contributed by atoms with Gasteiger partial charge < -0.3 is 0 Å². The minimum atomic E-state index is -2.65. The SMILES string of the molecule is O=Cc1nc(CBr)c(C(F)F)cc1Cl. The van der Waals surface area contributed by atoms with E-state index in [9.17, 15) is 13.6 Å². The first-order valence-corrected chi connectivity index (χ1v) is 5.08. The maximum Gasteiger partial charge on any atom is 0.265 e. The molecule has 14 heavy (non-hydrogen) atoms. The van der Waals surface area contributed by atoms with Crippen molar-refractivity contribution >= 4 is 33.8 Å². The van der Waals surface area contributed by atoms with Crippen molar-refractivity contribution in [2.45, 2.75) is 11.8 Å². The van der Waals surface area contributed by atoms with Gasteiger partial charge in [-0.05, 0) is 6.07 Å². The number of hydrogen-bond acceptors (Lipinski definition) is 2. The highest BCUT2D eigenvalue weighted by molar-refractivity contribution is 9.08. The highest BCUT2D eigenvalue weighted by atomic mass is 79.9. The van der Waals surface area contributed by atoms with Crippen molar-refractivity contribution in [3.8, 4) is 0 Å². The molecule has 0 saturated carbocycles. The zero-order valence-electron chi connectivity index (χ0n) is 6.81. The lowest BCUT2D eigenvalue weighted by Crippen LogP contribution is -2.00. The summed E-state index contributed by atoms with van der Waals surface area (Å²) in [6.45, 7) is 0. The second-order valence-electron chi connectivity index (χ2n) is 2.44. The average molecular weight is 284 g/mol. The lowest BCUT2D eigenvalue weighted by molar-refractivity contribution is 0.111. The van der Waals surface area contributed by atoms with Crippen molar-refractivity contribution in [2.24, 2.45) is 0 Å². The van der Waals surface area contributed by atoms with Gasteiger partial charge in [0, 0.05) is 10.9 Å². The average Bonchev–Trinajstić information content (AvgIpc) is 2.17. The van der Waals surface area contributed by atoms with E-state index in [-0.39, 0.29) is 27.3 Å². The van der Waals surface area contributed by atoms with Gasteiger partial charge in [-0.3, -0.25) is 4.79 Å². The van der Waals surface area contributed by atoms with E-state index < -0.39 is 6.43 Å². The Bertz CT molecular complexity index is 359. The molecule has 0 bridgehead atoms. The molecule has 2 nitrogen and oxygen atoms in total. The van der Waals surface area contributed by atoms with E-state index in [4.69, 9.17) is 11.6 Å². The summed E-state index contributed by atoms with van der Waals surface area (Å²) in [6, 6.07) is 1.07. The first-order valence-electron chi connectivity index (χ1n) is 3.58. The van der Waals surface area contributed by atoms with Gasteiger partial charge in [0.15, 0.2) is 6.29 Å². The third-order valence-corrected chi connectivity index (χ3v) is 2.42. The molecule has 1 rings (SSSR count). The lowest BCUT2D eigenvalue weighted by Gasteiger charge is -2.07. The molecule has 0 fully saturated rings. The van der Waals surface area contributed by atoms with Crippen LogP contribution in [0.4, 0.5) is 8.78 Å². The van der Waals surface area contributed by atoms with E-state index in [1.54, 1.807) is 0 Å². The summed E-state index contributed by atoms with van der Waals surface area (Å²) < 4.78 is 24.8. The molecule has 0 spiro atoms. The number of hydrogen-bond donors (Lipinski definition) is 0. The summed E-state index contributed by atoms with van der Waals surface area (Å²) in [5, 5.41) is 0.102. The standard InChI is InChI=1S/C8H5BrClF2NO/c9-2-6-4(8(11)12)1-5(10)7(3-14)13-6/h1,3,8H,2H2. The number of halogens is 4. The van der Waals surface area contributed by atoms with Gasteiger partial charge in [0.25, 0.3) is 6.43 Å². The van der Waals surface area contributed by atoms with Gasteiger partial charge in [-0.2, -0.15) is 0 Å². The van der Waals surface area contributed by atoms with Crippen LogP contribution < -0.4 is 0 Å². The van der Waals surface area contributed by atoms with Crippen LogP contribution in [0.3, 0.4) is 0 Å². The number of carbonyl (C=O) groups excluding carboxylic acids is 1. The van der Waals surface area contributed by atoms with Crippen LogP contribution in [0.5, 0.6) is 0 Å². The van der Waals surface area contributed by atoms with E-state index in [0.717, 1.165) is 6.07 Å². The van der Waals surface area contributed by atoms with Crippen LogP contribution in [-0.2, 0) is 5.33 Å². The molecule has 76 valence electrons. The molecule has 1 heterocycles. The van der Waals surface area contributed by atoms with Crippen molar-refractivity contribution in [3.63, 3.8) is 0 Å². The summed E-state index contributed by atoms with van der Waals surface area (Å²) in [6.07, 6.45) is -2.21. The Morgan fingerprint density at radius 3 is 2.71 bits per heavy atom. The van der Waals surface area contributed by atoms with Crippen molar-refractivity contribution in [2.75, 3.05) is 0 Å². The maximum atomic E-state index is 12.4. The molecule has 0 aliphatic rings. The Morgan fingerprint density at radius 1 is 1.64 bits per heavy atom. The van der Waals surface area contributed by atoms with E-state index in [2.05, 4.69) is 20.9 Å². The highest BCUT2D eigenvalue weighted by Gasteiger charge is 2.16. The Labute approximate surface area is 92.4 Å². The lowest BCUT2D eigenvalue weighted by atomic mass is 10.2. The Hall–Kier alpha value is -0.550. The zero-order valence-corrected chi connectivity index (χ0v) is 9.15. The highest BCUT2D eigenvalue weighted by Crippen LogP contribution is 2.27. The van der Waals surface area contributed by atoms with Gasteiger partial charge in [0.2, 0.25) is 0 Å². The number of aldehydes is 1. The van der Waals surface area contributed by atoms with Gasteiger partial charge in [0.05, 0.1) is 10.7 Å². The molecule has 0 aromatic carbocycles. The van der Waals surface area contributed by atoms with Crippen molar-refractivity contribution in [3.05, 3.63) is 28.0 Å².